The Morgan fingerprint density at radius 2 is 2.00 bits per heavy atom. The fourth-order valence-electron chi connectivity index (χ4n) is 3.13. The molecular weight excluding hydrogens is 485 g/mol. The minimum atomic E-state index is 0. The van der Waals surface area contributed by atoms with E-state index in [4.69, 9.17) is 18.9 Å². The van der Waals surface area contributed by atoms with Crippen molar-refractivity contribution in [2.24, 2.45) is 4.99 Å². The molecule has 0 saturated carbocycles. The summed E-state index contributed by atoms with van der Waals surface area (Å²) in [5.41, 5.74) is 1.02. The van der Waals surface area contributed by atoms with Gasteiger partial charge in [0.05, 0.1) is 26.4 Å². The largest absolute Gasteiger partial charge is 0.497 e. The quantitative estimate of drug-likeness (QED) is 0.213. The minimum absolute atomic E-state index is 0. The SMILES string of the molecule is CCNC(=NCCCOC1CCOCC1)NC(C)c1cc(OC)ccc1OC.I. The molecule has 0 radical (unpaired) electrons. The molecule has 1 aliphatic rings. The molecular formula is C21H36IN3O4. The number of hydrogen-bond acceptors (Lipinski definition) is 5. The Hall–Kier alpha value is -1.26. The van der Waals surface area contributed by atoms with Gasteiger partial charge < -0.3 is 29.6 Å². The maximum Gasteiger partial charge on any atom is 0.191 e. The second kappa shape index (κ2) is 14.7. The van der Waals surface area contributed by atoms with Gasteiger partial charge in [-0.25, -0.2) is 0 Å². The number of methoxy groups -OCH3 is 2. The molecule has 1 heterocycles. The van der Waals surface area contributed by atoms with Crippen LogP contribution in [-0.2, 0) is 9.47 Å². The number of rotatable bonds is 10. The van der Waals surface area contributed by atoms with Crippen LogP contribution in [0, 0.1) is 0 Å². The monoisotopic (exact) mass is 521 g/mol. The first kappa shape index (κ1) is 25.8. The second-order valence-corrected chi connectivity index (χ2v) is 6.77. The molecule has 8 heteroatoms. The molecule has 166 valence electrons. The van der Waals surface area contributed by atoms with Crippen LogP contribution in [0.4, 0.5) is 0 Å². The van der Waals surface area contributed by atoms with Crippen molar-refractivity contribution in [2.75, 3.05) is 47.1 Å². The highest BCUT2D eigenvalue weighted by Gasteiger charge is 2.15. The maximum absolute atomic E-state index is 5.91. The van der Waals surface area contributed by atoms with Gasteiger partial charge in [0.1, 0.15) is 11.5 Å². The van der Waals surface area contributed by atoms with Crippen LogP contribution >= 0.6 is 24.0 Å². The molecule has 1 atom stereocenters. The van der Waals surface area contributed by atoms with Gasteiger partial charge in [-0.15, -0.1) is 24.0 Å². The van der Waals surface area contributed by atoms with Crippen molar-refractivity contribution < 1.29 is 18.9 Å². The van der Waals surface area contributed by atoms with Gasteiger partial charge in [-0.2, -0.15) is 0 Å². The molecule has 29 heavy (non-hydrogen) atoms. The zero-order valence-electron chi connectivity index (χ0n) is 18.0. The molecule has 1 saturated heterocycles. The van der Waals surface area contributed by atoms with Gasteiger partial charge in [0, 0.05) is 38.5 Å². The van der Waals surface area contributed by atoms with E-state index >= 15 is 0 Å². The lowest BCUT2D eigenvalue weighted by molar-refractivity contribution is -0.0318. The van der Waals surface area contributed by atoms with E-state index in [0.717, 1.165) is 68.6 Å². The number of halogens is 1. The van der Waals surface area contributed by atoms with Crippen LogP contribution in [0.1, 0.15) is 44.7 Å². The van der Waals surface area contributed by atoms with Crippen molar-refractivity contribution in [3.8, 4) is 11.5 Å². The maximum atomic E-state index is 5.91. The van der Waals surface area contributed by atoms with E-state index in [1.807, 2.05) is 18.2 Å². The molecule has 0 aliphatic carbocycles. The van der Waals surface area contributed by atoms with Crippen LogP contribution in [0.15, 0.2) is 23.2 Å². The van der Waals surface area contributed by atoms with E-state index in [-0.39, 0.29) is 30.0 Å². The molecule has 1 fully saturated rings. The summed E-state index contributed by atoms with van der Waals surface area (Å²) in [7, 11) is 3.34. The third kappa shape index (κ3) is 8.96. The lowest BCUT2D eigenvalue weighted by atomic mass is 10.1. The highest BCUT2D eigenvalue weighted by molar-refractivity contribution is 14.0. The van der Waals surface area contributed by atoms with Crippen LogP contribution in [0.25, 0.3) is 0 Å². The number of benzene rings is 1. The number of nitrogens with zero attached hydrogens (tertiary/aromatic N) is 1. The molecule has 0 spiro atoms. The van der Waals surface area contributed by atoms with Gasteiger partial charge in [0.15, 0.2) is 5.96 Å². The van der Waals surface area contributed by atoms with Crippen LogP contribution < -0.4 is 20.1 Å². The first-order valence-electron chi connectivity index (χ1n) is 10.1. The first-order chi connectivity index (χ1) is 13.7. The van der Waals surface area contributed by atoms with Gasteiger partial charge in [-0.1, -0.05) is 0 Å². The van der Waals surface area contributed by atoms with E-state index < -0.39 is 0 Å². The summed E-state index contributed by atoms with van der Waals surface area (Å²) < 4.78 is 22.1. The van der Waals surface area contributed by atoms with Crippen molar-refractivity contribution in [3.63, 3.8) is 0 Å². The normalized spacial score (nSPS) is 15.9. The topological polar surface area (TPSA) is 73.3 Å². The molecule has 0 amide bonds. The van der Waals surface area contributed by atoms with Crippen molar-refractivity contribution in [3.05, 3.63) is 23.8 Å². The Bertz CT molecular complexity index is 610. The fourth-order valence-corrected chi connectivity index (χ4v) is 3.13. The Labute approximate surface area is 191 Å². The zero-order chi connectivity index (χ0) is 20.2. The Kier molecular flexibility index (Phi) is 13.0. The average molecular weight is 521 g/mol. The van der Waals surface area contributed by atoms with E-state index in [2.05, 4.69) is 29.5 Å². The van der Waals surface area contributed by atoms with Crippen molar-refractivity contribution in [2.45, 2.75) is 45.3 Å². The number of nitrogens with one attached hydrogen (secondary N) is 2. The number of guanidine groups is 1. The van der Waals surface area contributed by atoms with Gasteiger partial charge in [-0.3, -0.25) is 4.99 Å². The van der Waals surface area contributed by atoms with Crippen molar-refractivity contribution in [1.82, 2.24) is 10.6 Å². The summed E-state index contributed by atoms with van der Waals surface area (Å²) in [6, 6.07) is 5.82. The third-order valence-electron chi connectivity index (χ3n) is 4.70. The first-order valence-corrected chi connectivity index (χ1v) is 10.1. The van der Waals surface area contributed by atoms with Crippen LogP contribution in [0.5, 0.6) is 11.5 Å². The molecule has 0 aromatic heterocycles. The number of aliphatic imine (C=N–C) groups is 1. The molecule has 1 unspecified atom stereocenters. The number of ether oxygens (including phenoxy) is 4. The predicted octanol–water partition coefficient (Wildman–Crippen LogP) is 3.52. The lowest BCUT2D eigenvalue weighted by Crippen LogP contribution is -2.39. The summed E-state index contributed by atoms with van der Waals surface area (Å²) in [6.07, 6.45) is 3.22. The van der Waals surface area contributed by atoms with Gasteiger partial charge in [0.2, 0.25) is 0 Å². The summed E-state index contributed by atoms with van der Waals surface area (Å²) in [5.74, 6) is 2.41. The summed E-state index contributed by atoms with van der Waals surface area (Å²) in [5, 5.41) is 6.75. The predicted molar refractivity (Wildman–Crippen MR) is 127 cm³/mol. The van der Waals surface area contributed by atoms with Crippen molar-refractivity contribution >= 4 is 29.9 Å². The highest BCUT2D eigenvalue weighted by Crippen LogP contribution is 2.29. The molecule has 1 aromatic carbocycles. The fraction of sp³-hybridized carbons (Fsp3) is 0.667. The Balaban J connectivity index is 0.00000420. The van der Waals surface area contributed by atoms with Gasteiger partial charge >= 0.3 is 0 Å². The second-order valence-electron chi connectivity index (χ2n) is 6.77. The van der Waals surface area contributed by atoms with E-state index in [1.165, 1.54) is 0 Å². The van der Waals surface area contributed by atoms with E-state index in [0.29, 0.717) is 12.6 Å². The number of hydrogen-bond donors (Lipinski definition) is 2. The van der Waals surface area contributed by atoms with E-state index in [1.54, 1.807) is 14.2 Å². The van der Waals surface area contributed by atoms with Crippen LogP contribution in [0.2, 0.25) is 0 Å². The Morgan fingerprint density at radius 3 is 2.66 bits per heavy atom. The third-order valence-corrected chi connectivity index (χ3v) is 4.70. The van der Waals surface area contributed by atoms with Crippen molar-refractivity contribution in [1.29, 1.82) is 0 Å². The van der Waals surface area contributed by atoms with Gasteiger partial charge in [0.25, 0.3) is 0 Å². The van der Waals surface area contributed by atoms with Crippen LogP contribution in [-0.4, -0.2) is 59.2 Å². The summed E-state index contributed by atoms with van der Waals surface area (Å²) in [4.78, 5) is 4.68. The highest BCUT2D eigenvalue weighted by atomic mass is 127. The van der Waals surface area contributed by atoms with E-state index in [9.17, 15) is 0 Å². The molecule has 2 N–H and O–H groups in total. The average Bonchev–Trinajstić information content (AvgIpc) is 2.73. The lowest BCUT2D eigenvalue weighted by Gasteiger charge is -2.22. The summed E-state index contributed by atoms with van der Waals surface area (Å²) in [6.45, 7) is 7.99. The molecule has 2 rings (SSSR count). The smallest absolute Gasteiger partial charge is 0.191 e. The molecule has 0 bridgehead atoms. The summed E-state index contributed by atoms with van der Waals surface area (Å²) >= 11 is 0. The standard InChI is InChI=1S/C21H35N3O4.HI/c1-5-22-21(23-11-6-12-28-17-9-13-27-14-10-17)24-16(2)19-15-18(25-3)7-8-20(19)26-4;/h7-8,15-17H,5-6,9-14H2,1-4H3,(H2,22,23,24);1H. The molecule has 1 aromatic rings. The molecule has 1 aliphatic heterocycles. The van der Waals surface area contributed by atoms with Gasteiger partial charge in [-0.05, 0) is 51.3 Å². The minimum Gasteiger partial charge on any atom is -0.497 e. The Morgan fingerprint density at radius 1 is 1.24 bits per heavy atom. The zero-order valence-corrected chi connectivity index (χ0v) is 20.4. The molecule has 7 nitrogen and oxygen atoms in total. The van der Waals surface area contributed by atoms with Crippen LogP contribution in [0.3, 0.4) is 0 Å².